The van der Waals surface area contributed by atoms with Crippen molar-refractivity contribution in [3.63, 3.8) is 0 Å². The Morgan fingerprint density at radius 3 is 2.25 bits per heavy atom. The molecule has 0 spiro atoms. The Balaban J connectivity index is 0.000000561. The minimum absolute atomic E-state index is 0.0359. The number of alkyl halides is 2. The van der Waals surface area contributed by atoms with Crippen LogP contribution >= 0.6 is 9.24 Å². The molecule has 0 saturated carbocycles. The largest absolute Gasteiger partial charge is 0.265 e. The molecule has 12 heavy (non-hydrogen) atoms. The van der Waals surface area contributed by atoms with E-state index in [0.29, 0.717) is 5.44 Å². The van der Waals surface area contributed by atoms with E-state index in [4.69, 9.17) is 0 Å². The van der Waals surface area contributed by atoms with Gasteiger partial charge in [0.2, 0.25) is 0 Å². The molecule has 0 aliphatic heterocycles. The van der Waals surface area contributed by atoms with Gasteiger partial charge in [0.05, 0.1) is 5.44 Å². The molecule has 0 aliphatic rings. The summed E-state index contributed by atoms with van der Waals surface area (Å²) in [6.45, 7) is 4.00. The van der Waals surface area contributed by atoms with E-state index in [1.807, 2.05) is 13.8 Å². The number of rotatable bonds is 1. The lowest BCUT2D eigenvalue weighted by Gasteiger charge is -1.96. The standard InChI is InChI=1S/C6H6F2NP.C2H6/c7-6(8)4-1-2-5(10)9-3-4;1-2/h1-3,6H,10H2;1-2H3. The van der Waals surface area contributed by atoms with Crippen LogP contribution in [0.3, 0.4) is 0 Å². The van der Waals surface area contributed by atoms with Crippen LogP contribution in [0.4, 0.5) is 8.78 Å². The molecule has 1 heterocycles. The van der Waals surface area contributed by atoms with Crippen LogP contribution in [0.15, 0.2) is 18.3 Å². The normalized spacial score (nSPS) is 9.17. The fourth-order valence-corrected chi connectivity index (χ4v) is 0.717. The molecule has 1 rings (SSSR count). The van der Waals surface area contributed by atoms with Gasteiger partial charge in [0, 0.05) is 11.8 Å². The van der Waals surface area contributed by atoms with Crippen LogP contribution in [0.5, 0.6) is 0 Å². The van der Waals surface area contributed by atoms with Crippen molar-refractivity contribution in [2.24, 2.45) is 0 Å². The first kappa shape index (κ1) is 11.4. The van der Waals surface area contributed by atoms with E-state index in [9.17, 15) is 8.78 Å². The van der Waals surface area contributed by atoms with E-state index in [-0.39, 0.29) is 5.56 Å². The van der Waals surface area contributed by atoms with Crippen LogP contribution in [-0.2, 0) is 0 Å². The zero-order valence-corrected chi connectivity index (χ0v) is 8.24. The average molecular weight is 191 g/mol. The molecule has 1 atom stereocenters. The van der Waals surface area contributed by atoms with Crippen molar-refractivity contribution in [1.29, 1.82) is 0 Å². The summed E-state index contributed by atoms with van der Waals surface area (Å²) >= 11 is 0. The molecule has 0 fully saturated rings. The molecule has 68 valence electrons. The number of aromatic nitrogens is 1. The van der Waals surface area contributed by atoms with Crippen molar-refractivity contribution >= 4 is 14.7 Å². The van der Waals surface area contributed by atoms with E-state index in [2.05, 4.69) is 14.2 Å². The highest BCUT2D eigenvalue weighted by molar-refractivity contribution is 7.26. The van der Waals surface area contributed by atoms with Crippen LogP contribution in [0.25, 0.3) is 0 Å². The van der Waals surface area contributed by atoms with Gasteiger partial charge in [0.25, 0.3) is 6.43 Å². The minimum atomic E-state index is -2.42. The lowest BCUT2D eigenvalue weighted by molar-refractivity contribution is 0.151. The Morgan fingerprint density at radius 2 is 1.92 bits per heavy atom. The summed E-state index contributed by atoms with van der Waals surface area (Å²) in [6.07, 6.45) is -1.24. The first-order valence-corrected chi connectivity index (χ1v) is 4.27. The van der Waals surface area contributed by atoms with Crippen molar-refractivity contribution < 1.29 is 8.78 Å². The van der Waals surface area contributed by atoms with Gasteiger partial charge >= 0.3 is 0 Å². The topological polar surface area (TPSA) is 12.9 Å². The predicted octanol–water partition coefficient (Wildman–Crippen LogP) is 2.55. The summed E-state index contributed by atoms with van der Waals surface area (Å²) < 4.78 is 23.7. The van der Waals surface area contributed by atoms with E-state index < -0.39 is 6.43 Å². The smallest absolute Gasteiger partial charge is 0.257 e. The van der Waals surface area contributed by atoms with E-state index >= 15 is 0 Å². The average Bonchev–Trinajstić information content (AvgIpc) is 2.09. The molecule has 0 radical (unpaired) electrons. The second-order valence-corrected chi connectivity index (χ2v) is 2.41. The SMILES string of the molecule is CC.FC(F)c1ccc(P)nc1. The quantitative estimate of drug-likeness (QED) is 0.621. The van der Waals surface area contributed by atoms with Gasteiger partial charge in [0.15, 0.2) is 0 Å². The Labute approximate surface area is 73.4 Å². The lowest BCUT2D eigenvalue weighted by atomic mass is 10.3. The van der Waals surface area contributed by atoms with E-state index in [1.165, 1.54) is 18.3 Å². The number of pyridine rings is 1. The molecule has 0 saturated heterocycles. The molecule has 0 aliphatic carbocycles. The number of hydrogen-bond donors (Lipinski definition) is 0. The van der Waals surface area contributed by atoms with E-state index in [1.54, 1.807) is 0 Å². The van der Waals surface area contributed by atoms with Gasteiger partial charge in [-0.1, -0.05) is 23.1 Å². The maximum absolute atomic E-state index is 11.9. The summed E-state index contributed by atoms with van der Waals surface area (Å²) in [4.78, 5) is 3.68. The Kier molecular flexibility index (Phi) is 5.73. The Bertz CT molecular complexity index is 211. The third kappa shape index (κ3) is 3.72. The summed E-state index contributed by atoms with van der Waals surface area (Å²) in [5, 5.41) is 0. The fraction of sp³-hybridized carbons (Fsp3) is 0.375. The molecular formula is C8H12F2NP. The lowest BCUT2D eigenvalue weighted by Crippen LogP contribution is -1.97. The van der Waals surface area contributed by atoms with Crippen LogP contribution in [-0.4, -0.2) is 4.98 Å². The third-order valence-corrected chi connectivity index (χ3v) is 1.40. The molecule has 1 nitrogen and oxygen atoms in total. The Hall–Kier alpha value is -0.560. The Morgan fingerprint density at radius 1 is 1.33 bits per heavy atom. The molecule has 1 unspecified atom stereocenters. The number of nitrogens with zero attached hydrogens (tertiary/aromatic N) is 1. The molecular weight excluding hydrogens is 179 g/mol. The monoisotopic (exact) mass is 191 g/mol. The van der Waals surface area contributed by atoms with Crippen LogP contribution in [0.1, 0.15) is 25.8 Å². The second-order valence-electron chi connectivity index (χ2n) is 1.82. The predicted molar refractivity (Wildman–Crippen MR) is 49.9 cm³/mol. The van der Waals surface area contributed by atoms with Gasteiger partial charge in [-0.3, -0.25) is 4.98 Å². The highest BCUT2D eigenvalue weighted by atomic mass is 31.0. The molecule has 0 amide bonds. The molecule has 1 aromatic rings. The minimum Gasteiger partial charge on any atom is -0.257 e. The first-order valence-electron chi connectivity index (χ1n) is 3.69. The maximum atomic E-state index is 11.9. The zero-order valence-electron chi connectivity index (χ0n) is 7.09. The summed E-state index contributed by atoms with van der Waals surface area (Å²) in [5.74, 6) is 0. The van der Waals surface area contributed by atoms with Gasteiger partial charge in [-0.15, -0.1) is 0 Å². The molecule has 0 bridgehead atoms. The van der Waals surface area contributed by atoms with Crippen molar-refractivity contribution in [3.8, 4) is 0 Å². The third-order valence-electron chi connectivity index (χ3n) is 1.06. The molecule has 0 aromatic carbocycles. The van der Waals surface area contributed by atoms with Crippen molar-refractivity contribution in [1.82, 2.24) is 4.98 Å². The van der Waals surface area contributed by atoms with Crippen LogP contribution in [0.2, 0.25) is 0 Å². The van der Waals surface area contributed by atoms with Crippen LogP contribution in [0, 0.1) is 0 Å². The number of halogens is 2. The zero-order chi connectivity index (χ0) is 9.56. The highest BCUT2D eigenvalue weighted by Gasteiger charge is 2.04. The number of hydrogen-bond acceptors (Lipinski definition) is 1. The molecule has 4 heteroatoms. The maximum Gasteiger partial charge on any atom is 0.265 e. The summed E-state index contributed by atoms with van der Waals surface area (Å²) in [6, 6.07) is 2.90. The van der Waals surface area contributed by atoms with Gasteiger partial charge in [-0.05, 0) is 12.1 Å². The van der Waals surface area contributed by atoms with Gasteiger partial charge < -0.3 is 0 Å². The van der Waals surface area contributed by atoms with Gasteiger partial charge in [0.1, 0.15) is 0 Å². The fourth-order valence-electron chi connectivity index (χ4n) is 0.546. The van der Waals surface area contributed by atoms with Crippen molar-refractivity contribution in [2.75, 3.05) is 0 Å². The first-order chi connectivity index (χ1) is 5.70. The summed E-state index contributed by atoms with van der Waals surface area (Å²) in [5.41, 5.74) is 0.635. The van der Waals surface area contributed by atoms with Crippen molar-refractivity contribution in [3.05, 3.63) is 23.9 Å². The molecule has 1 aromatic heterocycles. The molecule has 0 N–H and O–H groups in total. The van der Waals surface area contributed by atoms with Gasteiger partial charge in [-0.25, -0.2) is 8.78 Å². The van der Waals surface area contributed by atoms with Crippen molar-refractivity contribution in [2.45, 2.75) is 20.3 Å². The summed E-state index contributed by atoms with van der Waals surface area (Å²) in [7, 11) is 2.33. The highest BCUT2D eigenvalue weighted by Crippen LogP contribution is 2.15. The van der Waals surface area contributed by atoms with Gasteiger partial charge in [-0.2, -0.15) is 0 Å². The van der Waals surface area contributed by atoms with Crippen LogP contribution < -0.4 is 5.44 Å². The van der Waals surface area contributed by atoms with E-state index in [0.717, 1.165) is 0 Å². The second kappa shape index (κ2) is 6.01.